The van der Waals surface area contributed by atoms with E-state index in [9.17, 15) is 9.59 Å². The van der Waals surface area contributed by atoms with Gasteiger partial charge in [0.05, 0.1) is 10.6 Å². The standard InChI is InChI=1S/C26H30N4O3S/c1-3-13-28-25(31)22-17-18-12-15-30(21-10-5-4-8-19(21)24(18)34-22)26(32)20-9-6-11-23(29-20)27-14-7-16-33-2/h4-6,8-11,17H,3,7,12-16H2,1-2H3,(H,27,29)(H,28,31). The summed E-state index contributed by atoms with van der Waals surface area (Å²) in [6, 6.07) is 15.3. The van der Waals surface area contributed by atoms with Crippen molar-refractivity contribution in [2.45, 2.75) is 26.2 Å². The van der Waals surface area contributed by atoms with Crippen molar-refractivity contribution in [1.29, 1.82) is 0 Å². The number of anilines is 2. The first-order valence-electron chi connectivity index (χ1n) is 11.6. The summed E-state index contributed by atoms with van der Waals surface area (Å²) in [5.41, 5.74) is 3.30. The summed E-state index contributed by atoms with van der Waals surface area (Å²) in [4.78, 5) is 34.2. The highest BCUT2D eigenvalue weighted by Gasteiger charge is 2.28. The SMILES string of the molecule is CCCNC(=O)c1cc2c(s1)-c1ccccc1N(C(=O)c1cccc(NCCCOC)n1)CC2. The maximum Gasteiger partial charge on any atom is 0.276 e. The number of benzene rings is 1. The Balaban J connectivity index is 1.59. The lowest BCUT2D eigenvalue weighted by atomic mass is 10.1. The predicted octanol–water partition coefficient (Wildman–Crippen LogP) is 4.60. The summed E-state index contributed by atoms with van der Waals surface area (Å²) < 4.78 is 5.08. The Labute approximate surface area is 204 Å². The van der Waals surface area contributed by atoms with E-state index in [1.54, 1.807) is 18.1 Å². The van der Waals surface area contributed by atoms with Gasteiger partial charge in [-0.25, -0.2) is 4.98 Å². The fraction of sp³-hybridized carbons (Fsp3) is 0.346. The zero-order chi connectivity index (χ0) is 23.9. The maximum atomic E-state index is 13.6. The lowest BCUT2D eigenvalue weighted by Crippen LogP contribution is -2.33. The van der Waals surface area contributed by atoms with E-state index < -0.39 is 0 Å². The van der Waals surface area contributed by atoms with Gasteiger partial charge in [-0.2, -0.15) is 0 Å². The molecule has 2 aromatic heterocycles. The second-order valence-corrected chi connectivity index (χ2v) is 9.18. The van der Waals surface area contributed by atoms with E-state index >= 15 is 0 Å². The zero-order valence-corrected chi connectivity index (χ0v) is 20.4. The molecule has 0 bridgehead atoms. The summed E-state index contributed by atoms with van der Waals surface area (Å²) in [7, 11) is 1.68. The van der Waals surface area contributed by atoms with Crippen LogP contribution in [0.25, 0.3) is 10.4 Å². The van der Waals surface area contributed by atoms with Crippen LogP contribution in [0.1, 0.15) is 45.5 Å². The molecule has 2 amide bonds. The van der Waals surface area contributed by atoms with E-state index in [4.69, 9.17) is 4.74 Å². The molecule has 0 fully saturated rings. The number of amides is 2. The Morgan fingerprint density at radius 2 is 2.00 bits per heavy atom. The molecule has 4 rings (SSSR count). The molecule has 8 heteroatoms. The third kappa shape index (κ3) is 5.29. The molecule has 2 N–H and O–H groups in total. The maximum absolute atomic E-state index is 13.6. The number of rotatable bonds is 9. The van der Waals surface area contributed by atoms with Gasteiger partial charge in [0.1, 0.15) is 11.5 Å². The van der Waals surface area contributed by atoms with Crippen molar-refractivity contribution in [3.63, 3.8) is 0 Å². The van der Waals surface area contributed by atoms with Gasteiger partial charge in [0.25, 0.3) is 11.8 Å². The molecule has 0 atom stereocenters. The number of aromatic nitrogens is 1. The highest BCUT2D eigenvalue weighted by atomic mass is 32.1. The molecule has 0 saturated heterocycles. The molecule has 0 aliphatic carbocycles. The van der Waals surface area contributed by atoms with Crippen LogP contribution in [0.2, 0.25) is 0 Å². The fourth-order valence-electron chi connectivity index (χ4n) is 3.97. The van der Waals surface area contributed by atoms with Crippen LogP contribution in [-0.2, 0) is 11.2 Å². The van der Waals surface area contributed by atoms with Crippen LogP contribution in [0.15, 0.2) is 48.5 Å². The van der Waals surface area contributed by atoms with Gasteiger partial charge in [-0.05, 0) is 49.1 Å². The number of methoxy groups -OCH3 is 1. The third-order valence-corrected chi connectivity index (χ3v) is 6.87. The molecular formula is C26H30N4O3S. The first-order chi connectivity index (χ1) is 16.6. The van der Waals surface area contributed by atoms with Gasteiger partial charge >= 0.3 is 0 Å². The van der Waals surface area contributed by atoms with E-state index in [0.29, 0.717) is 42.5 Å². The normalized spacial score (nSPS) is 12.5. The predicted molar refractivity (Wildman–Crippen MR) is 137 cm³/mol. The molecule has 3 heterocycles. The van der Waals surface area contributed by atoms with E-state index in [0.717, 1.165) is 41.1 Å². The zero-order valence-electron chi connectivity index (χ0n) is 19.6. The average molecular weight is 479 g/mol. The van der Waals surface area contributed by atoms with Gasteiger partial charge in [-0.1, -0.05) is 31.2 Å². The highest BCUT2D eigenvalue weighted by molar-refractivity contribution is 7.17. The van der Waals surface area contributed by atoms with Gasteiger partial charge in [-0.3, -0.25) is 9.59 Å². The number of thiophene rings is 1. The lowest BCUT2D eigenvalue weighted by Gasteiger charge is -2.23. The van der Waals surface area contributed by atoms with Crippen LogP contribution >= 0.6 is 11.3 Å². The largest absolute Gasteiger partial charge is 0.385 e. The quantitative estimate of drug-likeness (QED) is 0.439. The Morgan fingerprint density at radius 1 is 1.15 bits per heavy atom. The van der Waals surface area contributed by atoms with Gasteiger partial charge in [-0.15, -0.1) is 11.3 Å². The van der Waals surface area contributed by atoms with Gasteiger partial charge in [0, 0.05) is 43.8 Å². The molecular weight excluding hydrogens is 448 g/mol. The van der Waals surface area contributed by atoms with Crippen LogP contribution < -0.4 is 15.5 Å². The average Bonchev–Trinajstić information content (AvgIpc) is 3.23. The van der Waals surface area contributed by atoms with E-state index in [1.165, 1.54) is 11.3 Å². The molecule has 1 aliphatic rings. The summed E-state index contributed by atoms with van der Waals surface area (Å²) in [6.45, 7) is 4.60. The number of carbonyl (C=O) groups is 2. The summed E-state index contributed by atoms with van der Waals surface area (Å²) in [5, 5.41) is 6.21. The van der Waals surface area contributed by atoms with Crippen molar-refractivity contribution in [2.24, 2.45) is 0 Å². The smallest absolute Gasteiger partial charge is 0.276 e. The molecule has 34 heavy (non-hydrogen) atoms. The molecule has 0 radical (unpaired) electrons. The van der Waals surface area contributed by atoms with E-state index in [-0.39, 0.29) is 11.8 Å². The lowest BCUT2D eigenvalue weighted by molar-refractivity contribution is 0.0955. The van der Waals surface area contributed by atoms with Crippen LogP contribution in [0.5, 0.6) is 0 Å². The summed E-state index contributed by atoms with van der Waals surface area (Å²) in [6.07, 6.45) is 2.42. The Kier molecular flexibility index (Phi) is 7.92. The Morgan fingerprint density at radius 3 is 2.82 bits per heavy atom. The topological polar surface area (TPSA) is 83.6 Å². The monoisotopic (exact) mass is 478 g/mol. The number of nitrogens with one attached hydrogen (secondary N) is 2. The first kappa shape index (κ1) is 23.9. The van der Waals surface area contributed by atoms with Crippen molar-refractivity contribution in [3.8, 4) is 10.4 Å². The Hall–Kier alpha value is -3.23. The molecule has 7 nitrogen and oxygen atoms in total. The molecule has 0 saturated carbocycles. The first-order valence-corrected chi connectivity index (χ1v) is 12.5. The van der Waals surface area contributed by atoms with Crippen LogP contribution in [0.3, 0.4) is 0 Å². The van der Waals surface area contributed by atoms with Crippen molar-refractivity contribution in [1.82, 2.24) is 10.3 Å². The summed E-state index contributed by atoms with van der Waals surface area (Å²) >= 11 is 1.49. The number of carbonyl (C=O) groups excluding carboxylic acids is 2. The number of pyridine rings is 1. The van der Waals surface area contributed by atoms with Gasteiger partial charge < -0.3 is 20.3 Å². The summed E-state index contributed by atoms with van der Waals surface area (Å²) in [5.74, 6) is 0.500. The number of hydrogen-bond acceptors (Lipinski definition) is 6. The van der Waals surface area contributed by atoms with Crippen molar-refractivity contribution < 1.29 is 14.3 Å². The number of fused-ring (bicyclic) bond motifs is 3. The number of ether oxygens (including phenoxy) is 1. The minimum Gasteiger partial charge on any atom is -0.385 e. The Bertz CT molecular complexity index is 1160. The van der Waals surface area contributed by atoms with E-state index in [1.807, 2.05) is 49.4 Å². The van der Waals surface area contributed by atoms with Crippen molar-refractivity contribution in [3.05, 3.63) is 64.7 Å². The molecule has 3 aromatic rings. The second kappa shape index (κ2) is 11.3. The molecule has 178 valence electrons. The van der Waals surface area contributed by atoms with Crippen LogP contribution in [0.4, 0.5) is 11.5 Å². The fourth-order valence-corrected chi connectivity index (χ4v) is 5.13. The highest BCUT2D eigenvalue weighted by Crippen LogP contribution is 2.41. The van der Waals surface area contributed by atoms with Crippen molar-refractivity contribution in [2.75, 3.05) is 43.6 Å². The molecule has 0 unspecified atom stereocenters. The molecule has 0 spiro atoms. The van der Waals surface area contributed by atoms with Gasteiger partial charge in [0.2, 0.25) is 0 Å². The number of nitrogens with zero attached hydrogens (tertiary/aromatic N) is 2. The van der Waals surface area contributed by atoms with Crippen LogP contribution in [0, 0.1) is 0 Å². The number of para-hydroxylation sites is 1. The minimum atomic E-state index is -0.135. The molecule has 1 aromatic carbocycles. The number of hydrogen-bond donors (Lipinski definition) is 2. The van der Waals surface area contributed by atoms with E-state index in [2.05, 4.69) is 15.6 Å². The minimum absolute atomic E-state index is 0.0376. The second-order valence-electron chi connectivity index (χ2n) is 8.13. The third-order valence-electron chi connectivity index (χ3n) is 5.66. The van der Waals surface area contributed by atoms with Gasteiger partial charge in [0.15, 0.2) is 0 Å². The van der Waals surface area contributed by atoms with Crippen LogP contribution in [-0.4, -0.2) is 50.1 Å². The molecule has 1 aliphatic heterocycles. The van der Waals surface area contributed by atoms with Crippen molar-refractivity contribution >= 4 is 34.7 Å².